The topological polar surface area (TPSA) is 26.5 Å². The average molecular weight is 229 g/mol. The van der Waals surface area contributed by atoms with Gasteiger partial charge in [0.25, 0.3) is 0 Å². The molecule has 0 bridgehead atoms. The Kier molecular flexibility index (Phi) is 4.18. The molecule has 17 heavy (non-hydrogen) atoms. The second-order valence-electron chi connectivity index (χ2n) is 4.63. The minimum Gasteiger partial charge on any atom is -0.231 e. The van der Waals surface area contributed by atoms with Crippen LogP contribution < -0.4 is 5.32 Å². The van der Waals surface area contributed by atoms with Crippen LogP contribution in [0.25, 0.3) is 0 Å². The second-order valence-corrected chi connectivity index (χ2v) is 4.63. The molecule has 1 aliphatic heterocycles. The largest absolute Gasteiger partial charge is 0.231 e. The molecule has 2 rings (SSSR count). The summed E-state index contributed by atoms with van der Waals surface area (Å²) in [4.78, 5) is 4.69. The quantitative estimate of drug-likeness (QED) is 0.686. The van der Waals surface area contributed by atoms with Gasteiger partial charge in [-0.1, -0.05) is 38.8 Å². The van der Waals surface area contributed by atoms with Crippen molar-refractivity contribution in [3.8, 4) is 0 Å². The van der Waals surface area contributed by atoms with E-state index in [0.717, 1.165) is 30.1 Å². The summed E-state index contributed by atoms with van der Waals surface area (Å²) in [5, 5.41) is 4.61. The average Bonchev–Trinajstić information content (AvgIpc) is 2.77. The number of hydrogen-bond acceptors (Lipinski definition) is 1. The predicted molar refractivity (Wildman–Crippen MR) is 73.5 cm³/mol. The predicted octanol–water partition coefficient (Wildman–Crippen LogP) is 4.50. The zero-order valence-electron chi connectivity index (χ0n) is 10.9. The summed E-state index contributed by atoms with van der Waals surface area (Å²) in [6.07, 6.45) is 6.98. The Balaban J connectivity index is 2.12. The number of fused-ring (bicyclic) bond motifs is 1. The van der Waals surface area contributed by atoms with E-state index in [1.165, 1.54) is 31.2 Å². The van der Waals surface area contributed by atoms with E-state index < -0.39 is 0 Å². The molecule has 0 aliphatic carbocycles. The molecule has 1 radical (unpaired) electrons. The van der Waals surface area contributed by atoms with Crippen molar-refractivity contribution >= 4 is 17.2 Å². The van der Waals surface area contributed by atoms with Crippen LogP contribution in [0.2, 0.25) is 0 Å². The van der Waals surface area contributed by atoms with Gasteiger partial charge in [-0.2, -0.15) is 0 Å². The van der Waals surface area contributed by atoms with Crippen molar-refractivity contribution in [3.63, 3.8) is 0 Å². The van der Waals surface area contributed by atoms with Crippen LogP contribution in [0.1, 0.15) is 51.5 Å². The maximum absolute atomic E-state index is 4.69. The summed E-state index contributed by atoms with van der Waals surface area (Å²) in [7, 11) is 0. The van der Waals surface area contributed by atoms with E-state index in [1.54, 1.807) is 0 Å². The number of rotatable bonds is 6. The van der Waals surface area contributed by atoms with Gasteiger partial charge in [-0.3, -0.25) is 0 Å². The third-order valence-electron chi connectivity index (χ3n) is 3.14. The Bertz CT molecular complexity index is 407. The molecule has 91 valence electrons. The minimum absolute atomic E-state index is 1.01. The number of para-hydroxylation sites is 1. The maximum Gasteiger partial charge on any atom is 0.129 e. The molecule has 2 heteroatoms. The molecule has 1 heterocycles. The summed E-state index contributed by atoms with van der Waals surface area (Å²) in [5.41, 5.74) is 3.57. The van der Waals surface area contributed by atoms with Crippen LogP contribution in [0.5, 0.6) is 0 Å². The molecular formula is C15H21N2. The number of benzene rings is 1. The molecule has 1 aromatic rings. The van der Waals surface area contributed by atoms with Crippen molar-refractivity contribution in [2.45, 2.75) is 52.4 Å². The molecule has 1 aliphatic rings. The van der Waals surface area contributed by atoms with Gasteiger partial charge in [-0.25, -0.2) is 10.3 Å². The third-order valence-corrected chi connectivity index (χ3v) is 3.14. The first kappa shape index (κ1) is 12.2. The monoisotopic (exact) mass is 229 g/mol. The fourth-order valence-corrected chi connectivity index (χ4v) is 2.11. The number of amidine groups is 1. The number of unbranched alkanes of at least 4 members (excludes halogenated alkanes) is 2. The minimum atomic E-state index is 1.01. The number of aliphatic imine (C=N–C) groups is 1. The molecule has 0 amide bonds. The summed E-state index contributed by atoms with van der Waals surface area (Å²) < 4.78 is 0. The van der Waals surface area contributed by atoms with E-state index in [9.17, 15) is 0 Å². The standard InChI is InChI=1S/C15H21N2/c1-3-5-8-12-9-7-10-13-15(12)17-14(16-13)11-6-4-2/h7,9-10H,3-6,8,11H2,1-2H3. The summed E-state index contributed by atoms with van der Waals surface area (Å²) in [6.45, 7) is 4.43. The second kappa shape index (κ2) is 5.85. The van der Waals surface area contributed by atoms with Crippen molar-refractivity contribution in [3.05, 3.63) is 23.8 Å². The highest BCUT2D eigenvalue weighted by molar-refractivity contribution is 5.96. The lowest BCUT2D eigenvalue weighted by Crippen LogP contribution is -2.05. The van der Waals surface area contributed by atoms with E-state index in [2.05, 4.69) is 37.4 Å². The first-order valence-electron chi connectivity index (χ1n) is 6.76. The van der Waals surface area contributed by atoms with Gasteiger partial charge in [-0.05, 0) is 30.9 Å². The van der Waals surface area contributed by atoms with Gasteiger partial charge < -0.3 is 0 Å². The van der Waals surface area contributed by atoms with Gasteiger partial charge in [0.05, 0.1) is 11.4 Å². The Morgan fingerprint density at radius 3 is 2.53 bits per heavy atom. The van der Waals surface area contributed by atoms with Crippen molar-refractivity contribution in [2.24, 2.45) is 4.99 Å². The number of hydrogen-bond donors (Lipinski definition) is 0. The normalized spacial score (nSPS) is 13.2. The Morgan fingerprint density at radius 1 is 1.00 bits per heavy atom. The SMILES string of the molecule is CCCCC1=Nc2c(CCCC)cccc2[N]1. The number of aryl methyl sites for hydroxylation is 1. The van der Waals surface area contributed by atoms with Crippen LogP contribution in [0.4, 0.5) is 11.4 Å². The summed E-state index contributed by atoms with van der Waals surface area (Å²) in [5.74, 6) is 1.02. The van der Waals surface area contributed by atoms with Gasteiger partial charge in [-0.15, -0.1) is 0 Å². The zero-order chi connectivity index (χ0) is 12.1. The Morgan fingerprint density at radius 2 is 1.76 bits per heavy atom. The van der Waals surface area contributed by atoms with Crippen molar-refractivity contribution in [1.29, 1.82) is 0 Å². The van der Waals surface area contributed by atoms with Crippen LogP contribution in [0.3, 0.4) is 0 Å². The highest BCUT2D eigenvalue weighted by Gasteiger charge is 2.17. The molecule has 1 aromatic carbocycles. The zero-order valence-corrected chi connectivity index (χ0v) is 10.9. The molecule has 0 atom stereocenters. The molecule has 0 N–H and O–H groups in total. The highest BCUT2D eigenvalue weighted by atomic mass is 15.1. The summed E-state index contributed by atoms with van der Waals surface area (Å²) >= 11 is 0. The van der Waals surface area contributed by atoms with Crippen LogP contribution in [-0.4, -0.2) is 5.84 Å². The molecule has 0 fully saturated rings. The molecule has 0 unspecified atom stereocenters. The Hall–Kier alpha value is -1.31. The van der Waals surface area contributed by atoms with Crippen molar-refractivity contribution in [1.82, 2.24) is 5.32 Å². The summed E-state index contributed by atoms with van der Waals surface area (Å²) in [6, 6.07) is 6.37. The van der Waals surface area contributed by atoms with Crippen LogP contribution in [0.15, 0.2) is 23.2 Å². The first-order chi connectivity index (χ1) is 8.35. The van der Waals surface area contributed by atoms with E-state index in [0.29, 0.717) is 0 Å². The van der Waals surface area contributed by atoms with Crippen LogP contribution in [-0.2, 0) is 6.42 Å². The maximum atomic E-state index is 4.69. The van der Waals surface area contributed by atoms with Crippen LogP contribution in [0, 0.1) is 0 Å². The molecule has 2 nitrogen and oxygen atoms in total. The lowest BCUT2D eigenvalue weighted by molar-refractivity contribution is 0.796. The van der Waals surface area contributed by atoms with Crippen molar-refractivity contribution in [2.75, 3.05) is 0 Å². The fourth-order valence-electron chi connectivity index (χ4n) is 2.11. The Labute approximate surface area is 104 Å². The van der Waals surface area contributed by atoms with Crippen molar-refractivity contribution < 1.29 is 0 Å². The lowest BCUT2D eigenvalue weighted by atomic mass is 10.1. The highest BCUT2D eigenvalue weighted by Crippen LogP contribution is 2.35. The van der Waals surface area contributed by atoms with Gasteiger partial charge in [0.2, 0.25) is 0 Å². The molecule has 0 aromatic heterocycles. The fraction of sp³-hybridized carbons (Fsp3) is 0.533. The van der Waals surface area contributed by atoms with Gasteiger partial charge >= 0.3 is 0 Å². The molecule has 0 spiro atoms. The molecule has 0 saturated carbocycles. The first-order valence-corrected chi connectivity index (χ1v) is 6.76. The van der Waals surface area contributed by atoms with E-state index in [1.807, 2.05) is 0 Å². The van der Waals surface area contributed by atoms with Gasteiger partial charge in [0.15, 0.2) is 0 Å². The van der Waals surface area contributed by atoms with Crippen LogP contribution >= 0.6 is 0 Å². The van der Waals surface area contributed by atoms with E-state index >= 15 is 0 Å². The van der Waals surface area contributed by atoms with E-state index in [4.69, 9.17) is 4.99 Å². The molecular weight excluding hydrogens is 208 g/mol. The lowest BCUT2D eigenvalue weighted by Gasteiger charge is -2.03. The smallest absolute Gasteiger partial charge is 0.129 e. The molecule has 0 saturated heterocycles. The van der Waals surface area contributed by atoms with Gasteiger partial charge in [0.1, 0.15) is 5.84 Å². The van der Waals surface area contributed by atoms with Gasteiger partial charge in [0, 0.05) is 6.42 Å². The third kappa shape index (κ3) is 2.87. The number of nitrogens with zero attached hydrogens (tertiary/aromatic N) is 2. The van der Waals surface area contributed by atoms with E-state index in [-0.39, 0.29) is 0 Å².